The van der Waals surface area contributed by atoms with Crippen LogP contribution < -0.4 is 15.2 Å². The molecule has 0 radical (unpaired) electrons. The van der Waals surface area contributed by atoms with E-state index in [2.05, 4.69) is 15.0 Å². The molecule has 6 nitrogen and oxygen atoms in total. The predicted molar refractivity (Wildman–Crippen MR) is 102 cm³/mol. The molecular formula is C18H16N4O2S. The number of fused-ring (bicyclic) bond motifs is 3. The van der Waals surface area contributed by atoms with Gasteiger partial charge in [0.1, 0.15) is 10.4 Å². The van der Waals surface area contributed by atoms with Crippen LogP contribution in [0.2, 0.25) is 0 Å². The van der Waals surface area contributed by atoms with Gasteiger partial charge in [-0.2, -0.15) is 0 Å². The number of nitrogens with zero attached hydrogens (tertiary/aromatic N) is 3. The van der Waals surface area contributed by atoms with Gasteiger partial charge in [-0.05, 0) is 23.6 Å². The highest BCUT2D eigenvalue weighted by Gasteiger charge is 2.17. The van der Waals surface area contributed by atoms with Crippen LogP contribution in [-0.2, 0) is 0 Å². The first kappa shape index (κ1) is 15.6. The number of aromatic nitrogens is 3. The maximum absolute atomic E-state index is 12.3. The van der Waals surface area contributed by atoms with E-state index in [0.29, 0.717) is 16.4 Å². The number of thiophene rings is 1. The highest BCUT2D eigenvalue weighted by Crippen LogP contribution is 2.39. The molecule has 4 rings (SSSR count). The van der Waals surface area contributed by atoms with Crippen molar-refractivity contribution >= 4 is 38.3 Å². The van der Waals surface area contributed by atoms with Crippen LogP contribution in [0.3, 0.4) is 0 Å². The van der Waals surface area contributed by atoms with Gasteiger partial charge in [0, 0.05) is 53.9 Å². The molecule has 0 atom stereocenters. The van der Waals surface area contributed by atoms with Gasteiger partial charge in [-0.15, -0.1) is 11.3 Å². The zero-order valence-corrected chi connectivity index (χ0v) is 14.8. The number of hydrogen-bond donors (Lipinski definition) is 1. The molecule has 0 bridgehead atoms. The topological polar surface area (TPSA) is 71.1 Å². The molecule has 0 aliphatic carbocycles. The van der Waals surface area contributed by atoms with E-state index in [1.54, 1.807) is 19.5 Å². The minimum atomic E-state index is -0.0761. The molecule has 0 saturated heterocycles. The third kappa shape index (κ3) is 2.44. The zero-order chi connectivity index (χ0) is 17.6. The summed E-state index contributed by atoms with van der Waals surface area (Å²) in [5.41, 5.74) is 2.41. The van der Waals surface area contributed by atoms with Crippen molar-refractivity contribution in [2.45, 2.75) is 0 Å². The second kappa shape index (κ2) is 5.86. The van der Waals surface area contributed by atoms with Gasteiger partial charge >= 0.3 is 0 Å². The lowest BCUT2D eigenvalue weighted by molar-refractivity contribution is 0.417. The van der Waals surface area contributed by atoms with Crippen LogP contribution >= 0.6 is 11.3 Å². The predicted octanol–water partition coefficient (Wildman–Crippen LogP) is 3.27. The van der Waals surface area contributed by atoms with Crippen LogP contribution in [0.1, 0.15) is 0 Å². The number of H-pyrrole nitrogens is 1. The minimum Gasteiger partial charge on any atom is -0.496 e. The summed E-state index contributed by atoms with van der Waals surface area (Å²) >= 11 is 1.43. The summed E-state index contributed by atoms with van der Waals surface area (Å²) in [6, 6.07) is 5.69. The Balaban J connectivity index is 2.10. The van der Waals surface area contributed by atoms with Gasteiger partial charge in [-0.25, -0.2) is 9.97 Å². The van der Waals surface area contributed by atoms with E-state index in [-0.39, 0.29) is 5.56 Å². The van der Waals surface area contributed by atoms with E-state index in [1.807, 2.05) is 42.6 Å². The third-order valence-electron chi connectivity index (χ3n) is 4.10. The standard InChI is InChI=1S/C18H16N4O2S/c1-22(2)18-19-8-10(9-20-18)14-13(24-3)5-4-12-15(14)11-6-7-25-16(11)17(23)21-12/h4-9H,1-3H3,(H,21,23). The number of benzene rings is 1. The molecule has 1 aromatic carbocycles. The van der Waals surface area contributed by atoms with Crippen LogP contribution in [0.25, 0.3) is 32.1 Å². The van der Waals surface area contributed by atoms with Crippen molar-refractivity contribution in [3.63, 3.8) is 0 Å². The Bertz CT molecular complexity index is 1130. The van der Waals surface area contributed by atoms with Crippen molar-refractivity contribution in [2.75, 3.05) is 26.1 Å². The van der Waals surface area contributed by atoms with Gasteiger partial charge in [0.25, 0.3) is 5.56 Å². The number of anilines is 1. The Labute approximate surface area is 147 Å². The Morgan fingerprint density at radius 3 is 2.60 bits per heavy atom. The van der Waals surface area contributed by atoms with Crippen LogP contribution in [0.4, 0.5) is 5.95 Å². The second-order valence-corrected chi connectivity index (χ2v) is 6.77. The van der Waals surface area contributed by atoms with E-state index in [1.165, 1.54) is 11.3 Å². The van der Waals surface area contributed by atoms with Crippen LogP contribution in [0.15, 0.2) is 40.8 Å². The lowest BCUT2D eigenvalue weighted by Crippen LogP contribution is -2.12. The van der Waals surface area contributed by atoms with Gasteiger partial charge in [0.15, 0.2) is 0 Å². The quantitative estimate of drug-likeness (QED) is 0.613. The van der Waals surface area contributed by atoms with E-state index < -0.39 is 0 Å². The Morgan fingerprint density at radius 2 is 1.92 bits per heavy atom. The molecule has 3 heterocycles. The van der Waals surface area contributed by atoms with Crippen LogP contribution in [0, 0.1) is 0 Å². The first-order valence-corrected chi connectivity index (χ1v) is 8.58. The molecule has 0 aliphatic heterocycles. The zero-order valence-electron chi connectivity index (χ0n) is 14.0. The molecule has 1 N–H and O–H groups in total. The summed E-state index contributed by atoms with van der Waals surface area (Å²) in [4.78, 5) is 25.9. The van der Waals surface area contributed by atoms with E-state index >= 15 is 0 Å². The van der Waals surface area contributed by atoms with E-state index in [4.69, 9.17) is 4.74 Å². The number of pyridine rings is 1. The highest BCUT2D eigenvalue weighted by atomic mass is 32.1. The molecule has 0 fully saturated rings. The Kier molecular flexibility index (Phi) is 3.65. The molecule has 7 heteroatoms. The summed E-state index contributed by atoms with van der Waals surface area (Å²) in [5.74, 6) is 1.35. The fourth-order valence-electron chi connectivity index (χ4n) is 2.97. The molecule has 25 heavy (non-hydrogen) atoms. The molecule has 0 amide bonds. The number of rotatable bonds is 3. The van der Waals surface area contributed by atoms with Crippen molar-refractivity contribution < 1.29 is 4.74 Å². The van der Waals surface area contributed by atoms with Crippen LogP contribution in [0.5, 0.6) is 5.75 Å². The smallest absolute Gasteiger partial charge is 0.266 e. The average molecular weight is 352 g/mol. The van der Waals surface area contributed by atoms with E-state index in [0.717, 1.165) is 27.4 Å². The highest BCUT2D eigenvalue weighted by molar-refractivity contribution is 7.17. The SMILES string of the molecule is COc1ccc2[nH]c(=O)c3sccc3c2c1-c1cnc(N(C)C)nc1. The first-order valence-electron chi connectivity index (χ1n) is 7.70. The van der Waals surface area contributed by atoms with Gasteiger partial charge < -0.3 is 14.6 Å². The number of ether oxygens (including phenoxy) is 1. The Hall–Kier alpha value is -2.93. The van der Waals surface area contributed by atoms with Gasteiger partial charge in [0.05, 0.1) is 7.11 Å². The fourth-order valence-corrected chi connectivity index (χ4v) is 3.76. The fraction of sp³-hybridized carbons (Fsp3) is 0.167. The number of nitrogens with one attached hydrogen (secondary N) is 1. The summed E-state index contributed by atoms with van der Waals surface area (Å²) < 4.78 is 6.29. The summed E-state index contributed by atoms with van der Waals surface area (Å²) in [5, 5.41) is 3.78. The monoisotopic (exact) mass is 352 g/mol. The van der Waals surface area contributed by atoms with Gasteiger partial charge in [-0.3, -0.25) is 4.79 Å². The average Bonchev–Trinajstić information content (AvgIpc) is 3.11. The third-order valence-corrected chi connectivity index (χ3v) is 5.02. The van der Waals surface area contributed by atoms with Crippen molar-refractivity contribution in [1.29, 1.82) is 0 Å². The lowest BCUT2D eigenvalue weighted by Gasteiger charge is -2.14. The van der Waals surface area contributed by atoms with Crippen LogP contribution in [-0.4, -0.2) is 36.2 Å². The minimum absolute atomic E-state index is 0.0761. The maximum Gasteiger partial charge on any atom is 0.266 e. The van der Waals surface area contributed by atoms with E-state index in [9.17, 15) is 4.79 Å². The lowest BCUT2D eigenvalue weighted by atomic mass is 9.99. The normalized spacial score (nSPS) is 11.2. The van der Waals surface area contributed by atoms with Gasteiger partial charge in [0.2, 0.25) is 5.95 Å². The van der Waals surface area contributed by atoms with Crippen molar-refractivity contribution in [1.82, 2.24) is 15.0 Å². The summed E-state index contributed by atoms with van der Waals surface area (Å²) in [6.45, 7) is 0. The molecule has 0 aliphatic rings. The van der Waals surface area contributed by atoms with Crippen molar-refractivity contribution in [2.24, 2.45) is 0 Å². The number of methoxy groups -OCH3 is 1. The molecular weight excluding hydrogens is 336 g/mol. The largest absolute Gasteiger partial charge is 0.496 e. The molecule has 0 saturated carbocycles. The molecule has 0 unspecified atom stereocenters. The molecule has 4 aromatic rings. The number of hydrogen-bond acceptors (Lipinski definition) is 6. The molecule has 126 valence electrons. The number of aromatic amines is 1. The summed E-state index contributed by atoms with van der Waals surface area (Å²) in [6.07, 6.45) is 3.56. The summed E-state index contributed by atoms with van der Waals surface area (Å²) in [7, 11) is 5.43. The van der Waals surface area contributed by atoms with Gasteiger partial charge in [-0.1, -0.05) is 0 Å². The van der Waals surface area contributed by atoms with Crippen molar-refractivity contribution in [3.05, 3.63) is 46.3 Å². The maximum atomic E-state index is 12.3. The Morgan fingerprint density at radius 1 is 1.16 bits per heavy atom. The molecule has 3 aromatic heterocycles. The second-order valence-electron chi connectivity index (χ2n) is 5.85. The first-order chi connectivity index (χ1) is 12.1. The van der Waals surface area contributed by atoms with Crippen molar-refractivity contribution in [3.8, 4) is 16.9 Å². The molecule has 0 spiro atoms.